The van der Waals surface area contributed by atoms with Crippen molar-refractivity contribution in [3.05, 3.63) is 74.1 Å². The number of hydrogen-bond acceptors (Lipinski definition) is 2. The maximum Gasteiger partial charge on any atom is 0.280 e. The molecule has 0 fully saturated rings. The lowest BCUT2D eigenvalue weighted by Crippen LogP contribution is -2.17. The second-order valence-electron chi connectivity index (χ2n) is 5.44. The minimum atomic E-state index is -0.290. The average Bonchev–Trinajstić information content (AvgIpc) is 2.91. The summed E-state index contributed by atoms with van der Waals surface area (Å²) < 4.78 is 15.9. The molecule has 0 N–H and O–H groups in total. The first-order valence-electron chi connectivity index (χ1n) is 7.81. The molecular weight excluding hydrogens is 403 g/mol. The molecule has 25 heavy (non-hydrogen) atoms. The Kier molecular flexibility index (Phi) is 5.30. The Balaban J connectivity index is 2.12. The molecule has 1 heterocycles. The van der Waals surface area contributed by atoms with Crippen LogP contribution in [-0.4, -0.2) is 10.5 Å². The summed E-state index contributed by atoms with van der Waals surface area (Å²) in [6.07, 6.45) is 0. The van der Waals surface area contributed by atoms with Crippen LogP contribution in [0.1, 0.15) is 22.2 Å². The van der Waals surface area contributed by atoms with Crippen LogP contribution in [0.15, 0.2) is 58.0 Å². The van der Waals surface area contributed by atoms with Gasteiger partial charge in [0, 0.05) is 15.9 Å². The fraction of sp³-hybridized carbons (Fsp3) is 0.158. The van der Waals surface area contributed by atoms with Gasteiger partial charge in [0.25, 0.3) is 5.91 Å². The van der Waals surface area contributed by atoms with E-state index in [9.17, 15) is 9.18 Å². The fourth-order valence-corrected chi connectivity index (χ4v) is 4.16. The summed E-state index contributed by atoms with van der Waals surface area (Å²) in [7, 11) is 0. The summed E-state index contributed by atoms with van der Waals surface area (Å²) in [5.41, 5.74) is 2.40. The standard InChI is InChI=1S/C19H16BrFN2OS/c1-3-23-17(13-8-10-14(21)11-9-13)12(2)25-19(23)22-18(24)15-6-4-5-7-16(15)20/h4-11H,3H2,1-2H3. The molecule has 0 saturated carbocycles. The summed E-state index contributed by atoms with van der Waals surface area (Å²) in [5.74, 6) is -0.560. The van der Waals surface area contributed by atoms with E-state index in [0.717, 1.165) is 20.6 Å². The van der Waals surface area contributed by atoms with E-state index in [2.05, 4.69) is 20.9 Å². The van der Waals surface area contributed by atoms with Crippen LogP contribution in [0.2, 0.25) is 0 Å². The molecular formula is C19H16BrFN2OS. The van der Waals surface area contributed by atoms with Crippen molar-refractivity contribution in [2.45, 2.75) is 20.4 Å². The number of aromatic nitrogens is 1. The van der Waals surface area contributed by atoms with E-state index in [1.165, 1.54) is 23.5 Å². The number of carbonyl (C=O) groups excluding carboxylic acids is 1. The molecule has 0 saturated heterocycles. The highest BCUT2D eigenvalue weighted by atomic mass is 79.9. The SMILES string of the molecule is CCn1c(-c2ccc(F)cc2)c(C)sc1=NC(=O)c1ccccc1Br. The van der Waals surface area contributed by atoms with Crippen molar-refractivity contribution in [3.63, 3.8) is 0 Å². The first-order valence-corrected chi connectivity index (χ1v) is 9.42. The Labute approximate surface area is 157 Å². The predicted molar refractivity (Wildman–Crippen MR) is 102 cm³/mol. The Bertz CT molecular complexity index is 989. The van der Waals surface area contributed by atoms with Gasteiger partial charge in [0.1, 0.15) is 5.82 Å². The van der Waals surface area contributed by atoms with Gasteiger partial charge in [-0.1, -0.05) is 12.1 Å². The van der Waals surface area contributed by atoms with Crippen LogP contribution in [0.25, 0.3) is 11.3 Å². The van der Waals surface area contributed by atoms with Gasteiger partial charge in [-0.15, -0.1) is 11.3 Å². The van der Waals surface area contributed by atoms with Crippen molar-refractivity contribution in [1.29, 1.82) is 0 Å². The van der Waals surface area contributed by atoms with Gasteiger partial charge in [-0.05, 0) is 71.7 Å². The van der Waals surface area contributed by atoms with E-state index in [-0.39, 0.29) is 11.7 Å². The number of carbonyl (C=O) groups is 1. The largest absolute Gasteiger partial charge is 0.316 e. The number of aryl methyl sites for hydroxylation is 1. The van der Waals surface area contributed by atoms with Crippen molar-refractivity contribution >= 4 is 33.2 Å². The molecule has 6 heteroatoms. The molecule has 3 nitrogen and oxygen atoms in total. The Hall–Kier alpha value is -2.05. The number of benzene rings is 2. The number of hydrogen-bond donors (Lipinski definition) is 0. The average molecular weight is 419 g/mol. The molecule has 0 aliphatic carbocycles. The Morgan fingerprint density at radius 3 is 2.52 bits per heavy atom. The lowest BCUT2D eigenvalue weighted by molar-refractivity contribution is 0.0997. The fourth-order valence-electron chi connectivity index (χ4n) is 2.65. The Morgan fingerprint density at radius 1 is 1.20 bits per heavy atom. The quantitative estimate of drug-likeness (QED) is 0.576. The molecule has 0 unspecified atom stereocenters. The lowest BCUT2D eigenvalue weighted by atomic mass is 10.1. The second kappa shape index (κ2) is 7.45. The van der Waals surface area contributed by atoms with Crippen molar-refractivity contribution in [2.24, 2.45) is 4.99 Å². The summed E-state index contributed by atoms with van der Waals surface area (Å²) >= 11 is 4.85. The third-order valence-electron chi connectivity index (χ3n) is 3.81. The van der Waals surface area contributed by atoms with Gasteiger partial charge >= 0.3 is 0 Å². The zero-order valence-electron chi connectivity index (χ0n) is 13.8. The van der Waals surface area contributed by atoms with Gasteiger partial charge in [-0.2, -0.15) is 4.99 Å². The molecule has 1 amide bonds. The number of thiazole rings is 1. The summed E-state index contributed by atoms with van der Waals surface area (Å²) in [5, 5.41) is 0. The highest BCUT2D eigenvalue weighted by Gasteiger charge is 2.14. The minimum Gasteiger partial charge on any atom is -0.316 e. The van der Waals surface area contributed by atoms with Crippen molar-refractivity contribution in [3.8, 4) is 11.3 Å². The van der Waals surface area contributed by atoms with Gasteiger partial charge in [0.2, 0.25) is 0 Å². The van der Waals surface area contributed by atoms with Crippen LogP contribution >= 0.6 is 27.3 Å². The number of nitrogens with zero attached hydrogens (tertiary/aromatic N) is 2. The topological polar surface area (TPSA) is 34.4 Å². The third-order valence-corrected chi connectivity index (χ3v) is 5.50. The highest BCUT2D eigenvalue weighted by Crippen LogP contribution is 2.25. The molecule has 3 aromatic rings. The van der Waals surface area contributed by atoms with E-state index in [0.29, 0.717) is 16.9 Å². The Morgan fingerprint density at radius 2 is 1.88 bits per heavy atom. The zero-order valence-corrected chi connectivity index (χ0v) is 16.2. The second-order valence-corrected chi connectivity index (χ2v) is 7.47. The van der Waals surface area contributed by atoms with E-state index in [4.69, 9.17) is 0 Å². The maximum absolute atomic E-state index is 13.2. The van der Waals surface area contributed by atoms with Crippen LogP contribution in [0.4, 0.5) is 4.39 Å². The van der Waals surface area contributed by atoms with E-state index < -0.39 is 0 Å². The van der Waals surface area contributed by atoms with Gasteiger partial charge in [-0.3, -0.25) is 4.79 Å². The van der Waals surface area contributed by atoms with Crippen LogP contribution in [0.3, 0.4) is 0 Å². The smallest absolute Gasteiger partial charge is 0.280 e. The van der Waals surface area contributed by atoms with Crippen molar-refractivity contribution in [1.82, 2.24) is 4.57 Å². The first-order chi connectivity index (χ1) is 12.0. The highest BCUT2D eigenvalue weighted by molar-refractivity contribution is 9.10. The van der Waals surface area contributed by atoms with E-state index >= 15 is 0 Å². The zero-order chi connectivity index (χ0) is 18.0. The van der Waals surface area contributed by atoms with Crippen LogP contribution in [0, 0.1) is 12.7 Å². The van der Waals surface area contributed by atoms with Gasteiger partial charge < -0.3 is 4.57 Å². The molecule has 0 spiro atoms. The predicted octanol–water partition coefficient (Wildman–Crippen LogP) is 5.19. The minimum absolute atomic E-state index is 0.270. The van der Waals surface area contributed by atoms with Crippen LogP contribution in [-0.2, 0) is 6.54 Å². The molecule has 0 aliphatic heterocycles. The van der Waals surface area contributed by atoms with E-state index in [1.807, 2.05) is 36.6 Å². The summed E-state index contributed by atoms with van der Waals surface area (Å²) in [4.78, 5) is 18.5. The molecule has 0 radical (unpaired) electrons. The van der Waals surface area contributed by atoms with Crippen molar-refractivity contribution in [2.75, 3.05) is 0 Å². The number of rotatable bonds is 3. The first kappa shape index (κ1) is 17.8. The monoisotopic (exact) mass is 418 g/mol. The van der Waals surface area contributed by atoms with Crippen LogP contribution < -0.4 is 4.80 Å². The molecule has 0 aliphatic rings. The van der Waals surface area contributed by atoms with Gasteiger partial charge in [0.15, 0.2) is 4.80 Å². The lowest BCUT2D eigenvalue weighted by Gasteiger charge is -2.07. The summed E-state index contributed by atoms with van der Waals surface area (Å²) in [6.45, 7) is 4.65. The molecule has 3 rings (SSSR count). The van der Waals surface area contributed by atoms with Gasteiger partial charge in [0.05, 0.1) is 11.3 Å². The molecule has 0 bridgehead atoms. The van der Waals surface area contributed by atoms with E-state index in [1.54, 1.807) is 18.2 Å². The van der Waals surface area contributed by atoms with Gasteiger partial charge in [-0.25, -0.2) is 4.39 Å². The summed E-state index contributed by atoms with van der Waals surface area (Å²) in [6, 6.07) is 13.6. The maximum atomic E-state index is 13.2. The van der Waals surface area contributed by atoms with Crippen LogP contribution in [0.5, 0.6) is 0 Å². The third kappa shape index (κ3) is 3.65. The molecule has 2 aromatic carbocycles. The number of amides is 1. The number of halogens is 2. The molecule has 1 aromatic heterocycles. The van der Waals surface area contributed by atoms with Crippen molar-refractivity contribution < 1.29 is 9.18 Å². The molecule has 0 atom stereocenters. The molecule has 128 valence electrons. The normalized spacial score (nSPS) is 11.8.